The quantitative estimate of drug-likeness (QED) is 0.243. The second-order valence-corrected chi connectivity index (χ2v) is 9.49. The molecule has 1 atom stereocenters. The Kier molecular flexibility index (Phi) is 8.48. The van der Waals surface area contributed by atoms with E-state index in [1.165, 1.54) is 18.9 Å². The number of ether oxygens (including phenoxy) is 2. The molecule has 0 spiro atoms. The summed E-state index contributed by atoms with van der Waals surface area (Å²) in [5.74, 6) is 0.673. The molecule has 1 unspecified atom stereocenters. The monoisotopic (exact) mass is 512 g/mol. The van der Waals surface area contributed by atoms with E-state index in [0.29, 0.717) is 22.7 Å². The Labute approximate surface area is 221 Å². The third-order valence-electron chi connectivity index (χ3n) is 5.64. The number of hydrogen-bond acceptors (Lipinski definition) is 5. The van der Waals surface area contributed by atoms with Crippen molar-refractivity contribution in [3.63, 3.8) is 0 Å². The molecule has 2 amide bonds. The number of aryl methyl sites for hydroxylation is 1. The van der Waals surface area contributed by atoms with Crippen LogP contribution in [0.3, 0.4) is 0 Å². The first-order valence-corrected chi connectivity index (χ1v) is 12.6. The molecule has 0 bridgehead atoms. The van der Waals surface area contributed by atoms with E-state index in [0.717, 1.165) is 21.7 Å². The zero-order chi connectivity index (χ0) is 26.2. The number of hydrogen-bond donors (Lipinski definition) is 2. The maximum atomic E-state index is 13.3. The van der Waals surface area contributed by atoms with Gasteiger partial charge in [-0.2, -0.15) is 0 Å². The number of carbonyl (C=O) groups excluding carboxylic acids is 2. The highest BCUT2D eigenvalue weighted by atomic mass is 32.2. The van der Waals surface area contributed by atoms with Gasteiger partial charge in [0.25, 0.3) is 5.91 Å². The number of thioether (sulfide) groups is 1. The maximum Gasteiger partial charge on any atom is 0.255 e. The molecule has 2 N–H and O–H groups in total. The van der Waals surface area contributed by atoms with Crippen molar-refractivity contribution in [1.82, 2.24) is 0 Å². The van der Waals surface area contributed by atoms with Crippen molar-refractivity contribution in [2.24, 2.45) is 0 Å². The molecular weight excluding hydrogens is 484 g/mol. The molecule has 37 heavy (non-hydrogen) atoms. The average molecular weight is 513 g/mol. The largest absolute Gasteiger partial charge is 0.493 e. The molecule has 0 saturated carbocycles. The van der Waals surface area contributed by atoms with Gasteiger partial charge in [-0.1, -0.05) is 42.5 Å². The van der Waals surface area contributed by atoms with Crippen LogP contribution in [-0.2, 0) is 4.79 Å². The van der Waals surface area contributed by atoms with E-state index in [1.807, 2.05) is 85.8 Å². The lowest BCUT2D eigenvalue weighted by Gasteiger charge is -2.17. The highest BCUT2D eigenvalue weighted by Crippen LogP contribution is 2.37. The van der Waals surface area contributed by atoms with Gasteiger partial charge in [0.1, 0.15) is 5.25 Å². The Morgan fingerprint density at radius 2 is 1.46 bits per heavy atom. The molecule has 7 heteroatoms. The van der Waals surface area contributed by atoms with E-state index in [9.17, 15) is 9.59 Å². The van der Waals surface area contributed by atoms with Crippen LogP contribution < -0.4 is 20.1 Å². The number of amides is 2. The summed E-state index contributed by atoms with van der Waals surface area (Å²) in [5.41, 5.74) is 3.84. The zero-order valence-electron chi connectivity index (χ0n) is 20.9. The Hall–Kier alpha value is -4.23. The molecule has 0 aliphatic heterocycles. The van der Waals surface area contributed by atoms with E-state index < -0.39 is 5.25 Å². The number of rotatable bonds is 9. The second kappa shape index (κ2) is 12.1. The minimum Gasteiger partial charge on any atom is -0.493 e. The van der Waals surface area contributed by atoms with Gasteiger partial charge in [0.2, 0.25) is 5.91 Å². The highest BCUT2D eigenvalue weighted by Gasteiger charge is 2.22. The van der Waals surface area contributed by atoms with Crippen molar-refractivity contribution in [3.05, 3.63) is 114 Å². The standard InChI is InChI=1S/C30H28N2O4S/c1-20-8-7-11-24(18-20)32-30(34)28(21-9-5-4-6-10-21)37-25-15-13-23(14-16-25)31-29(33)22-12-17-26(35-2)27(19-22)36-3/h4-19,28H,1-3H3,(H,31,33)(H,32,34). The Bertz CT molecular complexity index is 1370. The number of benzene rings is 4. The van der Waals surface area contributed by atoms with Crippen LogP contribution >= 0.6 is 11.8 Å². The van der Waals surface area contributed by atoms with Crippen LogP contribution in [0.1, 0.15) is 26.7 Å². The molecule has 0 aliphatic rings. The fraction of sp³-hybridized carbons (Fsp3) is 0.133. The molecule has 0 radical (unpaired) electrons. The van der Waals surface area contributed by atoms with Crippen molar-refractivity contribution >= 4 is 35.0 Å². The summed E-state index contributed by atoms with van der Waals surface area (Å²) in [4.78, 5) is 26.9. The zero-order valence-corrected chi connectivity index (χ0v) is 21.7. The van der Waals surface area contributed by atoms with E-state index >= 15 is 0 Å². The van der Waals surface area contributed by atoms with Crippen molar-refractivity contribution in [3.8, 4) is 11.5 Å². The van der Waals surface area contributed by atoms with Gasteiger partial charge in [0, 0.05) is 21.8 Å². The van der Waals surface area contributed by atoms with Gasteiger partial charge in [-0.15, -0.1) is 11.8 Å². The van der Waals surface area contributed by atoms with Gasteiger partial charge in [0.05, 0.1) is 14.2 Å². The van der Waals surface area contributed by atoms with Crippen LogP contribution in [-0.4, -0.2) is 26.0 Å². The lowest BCUT2D eigenvalue weighted by atomic mass is 10.1. The molecule has 0 fully saturated rings. The van der Waals surface area contributed by atoms with Crippen molar-refractivity contribution < 1.29 is 19.1 Å². The predicted octanol–water partition coefficient (Wildman–Crippen LogP) is 6.74. The van der Waals surface area contributed by atoms with Gasteiger partial charge in [-0.05, 0) is 72.6 Å². The Morgan fingerprint density at radius 1 is 0.730 bits per heavy atom. The summed E-state index contributed by atoms with van der Waals surface area (Å²) in [6.45, 7) is 1.99. The lowest BCUT2D eigenvalue weighted by molar-refractivity contribution is -0.115. The average Bonchev–Trinajstić information content (AvgIpc) is 2.92. The summed E-state index contributed by atoms with van der Waals surface area (Å²) in [6.07, 6.45) is 0. The topological polar surface area (TPSA) is 76.7 Å². The van der Waals surface area contributed by atoms with Crippen LogP contribution in [0.2, 0.25) is 0 Å². The minimum absolute atomic E-state index is 0.104. The summed E-state index contributed by atoms with van der Waals surface area (Å²) >= 11 is 1.45. The van der Waals surface area contributed by atoms with E-state index in [4.69, 9.17) is 9.47 Å². The summed E-state index contributed by atoms with van der Waals surface area (Å²) in [7, 11) is 3.07. The summed E-state index contributed by atoms with van der Waals surface area (Å²) in [6, 6.07) is 29.9. The van der Waals surface area contributed by atoms with Gasteiger partial charge >= 0.3 is 0 Å². The van der Waals surface area contributed by atoms with E-state index in [2.05, 4.69) is 10.6 Å². The normalized spacial score (nSPS) is 11.3. The van der Waals surface area contributed by atoms with Crippen LogP contribution in [0.15, 0.2) is 102 Å². The van der Waals surface area contributed by atoms with Gasteiger partial charge in [-0.25, -0.2) is 0 Å². The van der Waals surface area contributed by atoms with Gasteiger partial charge in [-0.3, -0.25) is 9.59 Å². The van der Waals surface area contributed by atoms with Crippen LogP contribution in [0.5, 0.6) is 11.5 Å². The molecule has 4 aromatic rings. The second-order valence-electron chi connectivity index (χ2n) is 8.32. The highest BCUT2D eigenvalue weighted by molar-refractivity contribution is 8.00. The first-order chi connectivity index (χ1) is 18.0. The molecule has 6 nitrogen and oxygen atoms in total. The lowest BCUT2D eigenvalue weighted by Crippen LogP contribution is -2.19. The molecule has 4 aromatic carbocycles. The van der Waals surface area contributed by atoms with Gasteiger partial charge < -0.3 is 20.1 Å². The van der Waals surface area contributed by atoms with Crippen LogP contribution in [0.4, 0.5) is 11.4 Å². The predicted molar refractivity (Wildman–Crippen MR) is 149 cm³/mol. The van der Waals surface area contributed by atoms with Crippen LogP contribution in [0, 0.1) is 6.92 Å². The Balaban J connectivity index is 1.48. The summed E-state index contributed by atoms with van der Waals surface area (Å²) in [5, 5.41) is 5.48. The number of carbonyl (C=O) groups is 2. The SMILES string of the molecule is COc1ccc(C(=O)Nc2ccc(SC(C(=O)Nc3cccc(C)c3)c3ccccc3)cc2)cc1OC. The summed E-state index contributed by atoms with van der Waals surface area (Å²) < 4.78 is 10.5. The molecule has 0 aliphatic carbocycles. The molecule has 4 rings (SSSR count). The first-order valence-electron chi connectivity index (χ1n) is 11.7. The number of anilines is 2. The van der Waals surface area contributed by atoms with E-state index in [-0.39, 0.29) is 11.8 Å². The third kappa shape index (κ3) is 6.71. The molecule has 0 aromatic heterocycles. The minimum atomic E-state index is -0.450. The number of nitrogens with one attached hydrogen (secondary N) is 2. The molecule has 188 valence electrons. The van der Waals surface area contributed by atoms with Crippen molar-refractivity contribution in [1.29, 1.82) is 0 Å². The van der Waals surface area contributed by atoms with Gasteiger partial charge in [0.15, 0.2) is 11.5 Å². The number of methoxy groups -OCH3 is 2. The van der Waals surface area contributed by atoms with Crippen molar-refractivity contribution in [2.45, 2.75) is 17.1 Å². The molecule has 0 heterocycles. The fourth-order valence-electron chi connectivity index (χ4n) is 3.77. The third-order valence-corrected chi connectivity index (χ3v) is 6.90. The fourth-order valence-corrected chi connectivity index (χ4v) is 4.79. The molecular formula is C30H28N2O4S. The molecule has 0 saturated heterocycles. The maximum absolute atomic E-state index is 13.3. The van der Waals surface area contributed by atoms with Crippen LogP contribution in [0.25, 0.3) is 0 Å². The van der Waals surface area contributed by atoms with E-state index in [1.54, 1.807) is 25.3 Å². The first kappa shape index (κ1) is 25.9. The smallest absolute Gasteiger partial charge is 0.255 e. The van der Waals surface area contributed by atoms with Crippen molar-refractivity contribution in [2.75, 3.05) is 24.9 Å². The Morgan fingerprint density at radius 3 is 2.14 bits per heavy atom.